The molecule has 5 rings (SSSR count). The Balaban J connectivity index is 1.39. The monoisotopic (exact) mass is 539 g/mol. The molecule has 0 spiro atoms. The lowest BCUT2D eigenvalue weighted by Gasteiger charge is -2.15. The van der Waals surface area contributed by atoms with Crippen LogP contribution >= 0.6 is 0 Å². The van der Waals surface area contributed by atoms with E-state index in [-0.39, 0.29) is 23.0 Å². The fourth-order valence-electron chi connectivity index (χ4n) is 4.08. The number of hydrogen-bond acceptors (Lipinski definition) is 9. The van der Waals surface area contributed by atoms with Gasteiger partial charge in [0.1, 0.15) is 23.1 Å². The van der Waals surface area contributed by atoms with Crippen molar-refractivity contribution < 1.29 is 27.4 Å². The number of aryl methyl sites for hydroxylation is 1. The lowest BCUT2D eigenvalue weighted by Crippen LogP contribution is -2.20. The second kappa shape index (κ2) is 10.7. The summed E-state index contributed by atoms with van der Waals surface area (Å²) < 4.78 is 50.4. The summed E-state index contributed by atoms with van der Waals surface area (Å²) in [5, 5.41) is 8.96. The molecule has 1 aliphatic heterocycles. The molecule has 0 aliphatic carbocycles. The van der Waals surface area contributed by atoms with Crippen molar-refractivity contribution >= 4 is 40.1 Å². The van der Waals surface area contributed by atoms with E-state index < -0.39 is 17.6 Å². The van der Waals surface area contributed by atoms with Crippen molar-refractivity contribution in [2.75, 3.05) is 36.3 Å². The molecule has 1 saturated heterocycles. The number of benzene rings is 2. The van der Waals surface area contributed by atoms with Crippen molar-refractivity contribution in [2.24, 2.45) is 0 Å². The molecular formula is C26H24F3N7O3. The van der Waals surface area contributed by atoms with Crippen LogP contribution < -0.4 is 20.7 Å². The largest absolute Gasteiger partial charge is 0.496 e. The van der Waals surface area contributed by atoms with Crippen molar-refractivity contribution in [1.29, 1.82) is 0 Å². The van der Waals surface area contributed by atoms with Crippen LogP contribution in [0.4, 0.5) is 36.3 Å². The van der Waals surface area contributed by atoms with Gasteiger partial charge in [-0.05, 0) is 49.2 Å². The number of fused-ring (bicyclic) bond motifs is 1. The standard InChI is InChI=1S/C26H24F3N7O3/c1-14-3-4-15(24(37)33-16-5-6-21(38-2)18(10-16)26(27,28)29)9-19(14)35-23-22-20(31-13-32-23)11-30-25(36-22)34-17-7-8-39-12-17/h3-6,9-11,13,17H,7-8,12H2,1-2H3,(H,33,37)(H,30,34,36)(H,31,32,35). The molecule has 10 nitrogen and oxygen atoms in total. The average molecular weight is 540 g/mol. The number of methoxy groups -OCH3 is 1. The maximum absolute atomic E-state index is 13.4. The van der Waals surface area contributed by atoms with Crippen molar-refractivity contribution in [2.45, 2.75) is 25.6 Å². The number of carbonyl (C=O) groups is 1. The van der Waals surface area contributed by atoms with Gasteiger partial charge in [-0.3, -0.25) is 4.79 Å². The van der Waals surface area contributed by atoms with Gasteiger partial charge in [0.2, 0.25) is 5.95 Å². The van der Waals surface area contributed by atoms with Gasteiger partial charge in [-0.15, -0.1) is 0 Å². The van der Waals surface area contributed by atoms with E-state index >= 15 is 0 Å². The van der Waals surface area contributed by atoms with Gasteiger partial charge in [0.05, 0.1) is 31.5 Å². The molecule has 3 N–H and O–H groups in total. The number of rotatable bonds is 7. The van der Waals surface area contributed by atoms with Crippen molar-refractivity contribution in [3.05, 3.63) is 65.6 Å². The van der Waals surface area contributed by atoms with Crippen molar-refractivity contribution in [3.8, 4) is 5.75 Å². The highest BCUT2D eigenvalue weighted by atomic mass is 19.4. The number of amides is 1. The Morgan fingerprint density at radius 2 is 1.97 bits per heavy atom. The van der Waals surface area contributed by atoms with Gasteiger partial charge in [0.25, 0.3) is 5.91 Å². The second-order valence-electron chi connectivity index (χ2n) is 8.88. The van der Waals surface area contributed by atoms with Crippen LogP contribution in [-0.2, 0) is 10.9 Å². The average Bonchev–Trinajstić information content (AvgIpc) is 3.42. The summed E-state index contributed by atoms with van der Waals surface area (Å²) in [4.78, 5) is 30.4. The van der Waals surface area contributed by atoms with Crippen molar-refractivity contribution in [1.82, 2.24) is 19.9 Å². The van der Waals surface area contributed by atoms with E-state index in [1.54, 1.807) is 24.4 Å². The summed E-state index contributed by atoms with van der Waals surface area (Å²) in [6.07, 6.45) is -0.828. The van der Waals surface area contributed by atoms with Crippen LogP contribution in [0.25, 0.3) is 11.0 Å². The van der Waals surface area contributed by atoms with Crippen LogP contribution in [0, 0.1) is 6.92 Å². The van der Waals surface area contributed by atoms with Crippen LogP contribution in [0.1, 0.15) is 27.9 Å². The molecular weight excluding hydrogens is 515 g/mol. The summed E-state index contributed by atoms with van der Waals surface area (Å²) in [6.45, 7) is 3.08. The lowest BCUT2D eigenvalue weighted by atomic mass is 10.1. The molecule has 2 aromatic heterocycles. The highest BCUT2D eigenvalue weighted by Gasteiger charge is 2.34. The fourth-order valence-corrected chi connectivity index (χ4v) is 4.08. The van der Waals surface area contributed by atoms with Gasteiger partial charge in [-0.2, -0.15) is 13.2 Å². The number of halogens is 3. The second-order valence-corrected chi connectivity index (χ2v) is 8.88. The number of alkyl halides is 3. The Morgan fingerprint density at radius 3 is 2.72 bits per heavy atom. The summed E-state index contributed by atoms with van der Waals surface area (Å²) in [7, 11) is 1.15. The zero-order chi connectivity index (χ0) is 27.6. The molecule has 0 bridgehead atoms. The van der Waals surface area contributed by atoms with E-state index in [1.807, 2.05) is 6.92 Å². The summed E-state index contributed by atoms with van der Waals surface area (Å²) in [6, 6.07) is 8.33. The van der Waals surface area contributed by atoms with Crippen molar-refractivity contribution in [3.63, 3.8) is 0 Å². The molecule has 1 fully saturated rings. The molecule has 1 amide bonds. The third-order valence-corrected chi connectivity index (χ3v) is 6.16. The molecule has 1 aliphatic rings. The molecule has 2 aromatic carbocycles. The molecule has 0 radical (unpaired) electrons. The molecule has 3 heterocycles. The number of ether oxygens (including phenoxy) is 2. The first-order valence-corrected chi connectivity index (χ1v) is 12.0. The van der Waals surface area contributed by atoms with Crippen LogP contribution in [0.5, 0.6) is 5.75 Å². The smallest absolute Gasteiger partial charge is 0.420 e. The predicted octanol–water partition coefficient (Wildman–Crippen LogP) is 4.95. The first-order chi connectivity index (χ1) is 18.7. The first-order valence-electron chi connectivity index (χ1n) is 12.0. The Bertz CT molecular complexity index is 1520. The third-order valence-electron chi connectivity index (χ3n) is 6.16. The molecule has 0 saturated carbocycles. The molecule has 13 heteroatoms. The Kier molecular flexibility index (Phi) is 7.15. The van der Waals surface area contributed by atoms with Gasteiger partial charge in [0.15, 0.2) is 5.82 Å². The van der Waals surface area contributed by atoms with Crippen LogP contribution in [0.2, 0.25) is 0 Å². The fraction of sp³-hybridized carbons (Fsp3) is 0.269. The van der Waals surface area contributed by atoms with Crippen LogP contribution in [-0.4, -0.2) is 52.2 Å². The number of anilines is 4. The van der Waals surface area contributed by atoms with E-state index in [1.165, 1.54) is 12.4 Å². The van der Waals surface area contributed by atoms with Gasteiger partial charge >= 0.3 is 6.18 Å². The van der Waals surface area contributed by atoms with Crippen LogP contribution in [0.3, 0.4) is 0 Å². The molecule has 4 aromatic rings. The molecule has 202 valence electrons. The Labute approximate surface area is 221 Å². The minimum Gasteiger partial charge on any atom is -0.496 e. The quantitative estimate of drug-likeness (QED) is 0.299. The van der Waals surface area contributed by atoms with E-state index in [2.05, 4.69) is 35.9 Å². The number of hydrogen-bond donors (Lipinski definition) is 3. The molecule has 1 atom stereocenters. The number of nitrogens with one attached hydrogen (secondary N) is 3. The van der Waals surface area contributed by atoms with E-state index in [4.69, 9.17) is 9.47 Å². The van der Waals surface area contributed by atoms with Gasteiger partial charge in [-0.1, -0.05) is 6.07 Å². The summed E-state index contributed by atoms with van der Waals surface area (Å²) in [5.74, 6) is -0.105. The Morgan fingerprint density at radius 1 is 1.13 bits per heavy atom. The summed E-state index contributed by atoms with van der Waals surface area (Å²) in [5.41, 5.74) is 1.58. The predicted molar refractivity (Wildman–Crippen MR) is 138 cm³/mol. The number of aromatic nitrogens is 4. The highest BCUT2D eigenvalue weighted by molar-refractivity contribution is 6.05. The maximum Gasteiger partial charge on any atom is 0.420 e. The first kappa shape index (κ1) is 26.1. The summed E-state index contributed by atoms with van der Waals surface area (Å²) >= 11 is 0. The highest BCUT2D eigenvalue weighted by Crippen LogP contribution is 2.38. The van der Waals surface area contributed by atoms with Gasteiger partial charge in [0, 0.05) is 23.5 Å². The van der Waals surface area contributed by atoms with E-state index in [9.17, 15) is 18.0 Å². The zero-order valence-corrected chi connectivity index (χ0v) is 21.0. The Hall–Kier alpha value is -4.52. The number of nitrogens with zero attached hydrogens (tertiary/aromatic N) is 4. The van der Waals surface area contributed by atoms with Gasteiger partial charge in [-0.25, -0.2) is 19.9 Å². The lowest BCUT2D eigenvalue weighted by molar-refractivity contribution is -0.138. The van der Waals surface area contributed by atoms with Crippen LogP contribution in [0.15, 0.2) is 48.9 Å². The molecule has 1 unspecified atom stereocenters. The normalized spacial score (nSPS) is 15.3. The van der Waals surface area contributed by atoms with E-state index in [0.29, 0.717) is 41.7 Å². The topological polar surface area (TPSA) is 123 Å². The number of carbonyl (C=O) groups excluding carboxylic acids is 1. The minimum absolute atomic E-state index is 0.0191. The minimum atomic E-state index is -4.64. The maximum atomic E-state index is 13.4. The van der Waals surface area contributed by atoms with Gasteiger partial charge < -0.3 is 25.4 Å². The third kappa shape index (κ3) is 5.82. The SMILES string of the molecule is COc1ccc(NC(=O)c2ccc(C)c(Nc3ncnc4cnc(NC5CCOC5)nc34)c2)cc1C(F)(F)F. The zero-order valence-electron chi connectivity index (χ0n) is 21.0. The van der Waals surface area contributed by atoms with E-state index in [0.717, 1.165) is 31.2 Å². The molecule has 39 heavy (non-hydrogen) atoms.